The second-order valence-electron chi connectivity index (χ2n) is 17.9. The summed E-state index contributed by atoms with van der Waals surface area (Å²) in [5.74, 6) is -0.846. The molecule has 1 saturated heterocycles. The highest BCUT2D eigenvalue weighted by Crippen LogP contribution is 2.68. The van der Waals surface area contributed by atoms with Gasteiger partial charge in [-0.25, -0.2) is 0 Å². The molecule has 0 radical (unpaired) electrons. The largest absolute Gasteiger partial charge is 0.496 e. The number of esters is 3. The van der Waals surface area contributed by atoms with Gasteiger partial charge in [-0.05, 0) is 67.8 Å². The first kappa shape index (κ1) is 39.8. The number of hydrogen-bond acceptors (Lipinski definition) is 11. The number of hydrogen-bond donors (Lipinski definition) is 2. The molecule has 9 rings (SSSR count). The molecular weight excluding hydrogens is 749 g/mol. The lowest BCUT2D eigenvalue weighted by atomic mass is 9.47. The van der Waals surface area contributed by atoms with Gasteiger partial charge in [0.2, 0.25) is 0 Å². The Kier molecular flexibility index (Phi) is 9.60. The first-order chi connectivity index (χ1) is 28.3. The van der Waals surface area contributed by atoms with E-state index in [4.69, 9.17) is 18.9 Å². The molecule has 2 bridgehead atoms. The van der Waals surface area contributed by atoms with E-state index in [9.17, 15) is 14.7 Å². The van der Waals surface area contributed by atoms with Crippen molar-refractivity contribution in [3.63, 3.8) is 0 Å². The molecule has 1 spiro atoms. The molecule has 1 aliphatic carbocycles. The van der Waals surface area contributed by atoms with Crippen LogP contribution in [-0.2, 0) is 45.8 Å². The van der Waals surface area contributed by atoms with Crippen LogP contribution in [0.25, 0.3) is 10.9 Å². The van der Waals surface area contributed by atoms with Gasteiger partial charge in [-0.2, -0.15) is 0 Å². The summed E-state index contributed by atoms with van der Waals surface area (Å²) in [5, 5.41) is 14.6. The average molecular weight is 807 g/mol. The number of H-pyrrole nitrogens is 1. The zero-order valence-corrected chi connectivity index (χ0v) is 35.4. The monoisotopic (exact) mass is 806 g/mol. The number of aliphatic hydroxyl groups is 1. The zero-order valence-electron chi connectivity index (χ0n) is 35.4. The van der Waals surface area contributed by atoms with Crippen LogP contribution in [0.5, 0.6) is 5.75 Å². The maximum absolute atomic E-state index is 15.3. The van der Waals surface area contributed by atoms with Crippen LogP contribution in [0, 0.1) is 11.3 Å². The van der Waals surface area contributed by atoms with Crippen LogP contribution in [0.15, 0.2) is 60.2 Å². The van der Waals surface area contributed by atoms with Gasteiger partial charge in [0.05, 0.1) is 20.3 Å². The lowest BCUT2D eigenvalue weighted by Gasteiger charge is -2.64. The van der Waals surface area contributed by atoms with Crippen LogP contribution >= 0.6 is 0 Å². The average Bonchev–Trinajstić information content (AvgIpc) is 3.89. The molecule has 1 aromatic heterocycles. The Morgan fingerprint density at radius 2 is 1.81 bits per heavy atom. The molecule has 59 heavy (non-hydrogen) atoms. The van der Waals surface area contributed by atoms with Crippen molar-refractivity contribution in [3.05, 3.63) is 82.6 Å². The van der Waals surface area contributed by atoms with E-state index >= 15 is 4.79 Å². The number of likely N-dealkylation sites (N-methyl/N-ethyl adjacent to an activating group) is 1. The van der Waals surface area contributed by atoms with Crippen molar-refractivity contribution in [1.82, 2.24) is 14.8 Å². The predicted molar refractivity (Wildman–Crippen MR) is 224 cm³/mol. The standard InChI is InChI=1S/C47H58N4O8/c1-8-30-21-31-24-46(43(54)57-7,39-33(15-19-50(25-30)26-31)32-13-10-11-14-36(32)48-39)35-22-34-37(23-38(35)56-6)49(5)41-45(34)17-20-51-18-12-16-44(9-2,40(45)51)42(59-29(4)53)47(41,55)27-58-28(3)52/h10-14,16,21-23,31,40-42,48,55H,8-9,15,17-20,24-27H2,1-7H3/t31-,40-,41+,42+,44+,45+,46-,47?/m0/s1. The van der Waals surface area contributed by atoms with Crippen molar-refractivity contribution in [3.8, 4) is 5.75 Å². The zero-order chi connectivity index (χ0) is 41.6. The van der Waals surface area contributed by atoms with Gasteiger partial charge < -0.3 is 33.9 Å². The van der Waals surface area contributed by atoms with E-state index in [0.717, 1.165) is 72.4 Å². The van der Waals surface area contributed by atoms with Gasteiger partial charge in [0.1, 0.15) is 23.9 Å². The van der Waals surface area contributed by atoms with Gasteiger partial charge in [-0.3, -0.25) is 24.2 Å². The summed E-state index contributed by atoms with van der Waals surface area (Å²) in [4.78, 5) is 51.8. The van der Waals surface area contributed by atoms with E-state index in [2.05, 4.69) is 76.0 Å². The van der Waals surface area contributed by atoms with Crippen LogP contribution in [0.4, 0.5) is 5.69 Å². The van der Waals surface area contributed by atoms with Gasteiger partial charge >= 0.3 is 17.9 Å². The molecule has 12 heteroatoms. The van der Waals surface area contributed by atoms with Gasteiger partial charge in [0.15, 0.2) is 5.60 Å². The summed E-state index contributed by atoms with van der Waals surface area (Å²) < 4.78 is 24.4. The van der Waals surface area contributed by atoms with Crippen LogP contribution in [0.1, 0.15) is 75.8 Å². The van der Waals surface area contributed by atoms with Crippen LogP contribution in [-0.4, -0.2) is 122 Å². The highest BCUT2D eigenvalue weighted by molar-refractivity contribution is 5.94. The number of methoxy groups -OCH3 is 2. The lowest BCUT2D eigenvalue weighted by Crippen LogP contribution is -2.80. The molecule has 314 valence electrons. The number of anilines is 1. The first-order valence-electron chi connectivity index (χ1n) is 21.3. The number of aromatic nitrogens is 1. The number of benzene rings is 2. The van der Waals surface area contributed by atoms with E-state index in [1.807, 2.05) is 19.2 Å². The Balaban J connectivity index is 1.36. The number of fused-ring (bicyclic) bond motifs is 6. The quantitative estimate of drug-likeness (QED) is 0.177. The summed E-state index contributed by atoms with van der Waals surface area (Å²) in [5.41, 5.74) is 2.04. The van der Waals surface area contributed by atoms with Crippen LogP contribution in [0.3, 0.4) is 0 Å². The first-order valence-corrected chi connectivity index (χ1v) is 21.3. The summed E-state index contributed by atoms with van der Waals surface area (Å²) in [7, 11) is 5.08. The van der Waals surface area contributed by atoms with E-state index in [-0.39, 0.29) is 24.5 Å². The number of nitrogens with one attached hydrogen (secondary N) is 1. The van der Waals surface area contributed by atoms with E-state index < -0.39 is 45.9 Å². The van der Waals surface area contributed by atoms with Crippen molar-refractivity contribution in [2.45, 2.75) is 94.4 Å². The van der Waals surface area contributed by atoms with Crippen LogP contribution < -0.4 is 9.64 Å². The number of aromatic amines is 1. The molecule has 12 nitrogen and oxygen atoms in total. The molecule has 9 atom stereocenters. The number of ether oxygens (including phenoxy) is 4. The van der Waals surface area contributed by atoms with E-state index in [1.54, 1.807) is 7.11 Å². The normalized spacial score (nSPS) is 34.3. The Hall–Kier alpha value is -4.65. The molecule has 1 saturated carbocycles. The third-order valence-electron chi connectivity index (χ3n) is 15.2. The molecule has 6 aliphatic rings. The summed E-state index contributed by atoms with van der Waals surface area (Å²) in [6, 6.07) is 11.6. The Morgan fingerprint density at radius 3 is 2.53 bits per heavy atom. The minimum Gasteiger partial charge on any atom is -0.496 e. The van der Waals surface area contributed by atoms with Gasteiger partial charge in [-0.15, -0.1) is 0 Å². The third-order valence-corrected chi connectivity index (χ3v) is 15.2. The van der Waals surface area contributed by atoms with Gasteiger partial charge in [0.25, 0.3) is 0 Å². The minimum absolute atomic E-state index is 0.0351. The number of para-hydroxylation sites is 1. The minimum atomic E-state index is -1.84. The molecule has 0 amide bonds. The topological polar surface area (TPSA) is 134 Å². The fourth-order valence-electron chi connectivity index (χ4n) is 13.2. The van der Waals surface area contributed by atoms with Gasteiger partial charge in [0, 0.05) is 97.9 Å². The van der Waals surface area contributed by atoms with Gasteiger partial charge in [-0.1, -0.05) is 55.8 Å². The number of carbonyl (C=O) groups is 3. The molecule has 2 fully saturated rings. The summed E-state index contributed by atoms with van der Waals surface area (Å²) in [6.07, 6.45) is 8.96. The van der Waals surface area contributed by atoms with Crippen molar-refractivity contribution in [2.75, 3.05) is 65.5 Å². The lowest BCUT2D eigenvalue weighted by molar-refractivity contribution is -0.232. The maximum atomic E-state index is 15.3. The van der Waals surface area contributed by atoms with Crippen molar-refractivity contribution in [2.24, 2.45) is 11.3 Å². The molecule has 2 unspecified atom stereocenters. The Bertz CT molecular complexity index is 2280. The molecule has 3 aromatic rings. The smallest absolute Gasteiger partial charge is 0.322 e. The molecular formula is C47H58N4O8. The number of rotatable bonds is 8. The third kappa shape index (κ3) is 5.47. The van der Waals surface area contributed by atoms with Crippen molar-refractivity contribution in [1.29, 1.82) is 0 Å². The van der Waals surface area contributed by atoms with Crippen LogP contribution in [0.2, 0.25) is 0 Å². The number of carbonyl (C=O) groups excluding carboxylic acids is 3. The number of nitrogens with zero attached hydrogens (tertiary/aromatic N) is 3. The molecule has 6 heterocycles. The maximum Gasteiger partial charge on any atom is 0.322 e. The highest BCUT2D eigenvalue weighted by atomic mass is 16.6. The predicted octanol–water partition coefficient (Wildman–Crippen LogP) is 5.19. The Morgan fingerprint density at radius 1 is 1.02 bits per heavy atom. The molecule has 5 aliphatic heterocycles. The summed E-state index contributed by atoms with van der Waals surface area (Å²) in [6.45, 7) is 10.6. The van der Waals surface area contributed by atoms with Crippen molar-refractivity contribution < 1.29 is 38.4 Å². The molecule has 2 aromatic carbocycles. The molecule has 2 N–H and O–H groups in total. The fraction of sp³-hybridized carbons (Fsp3) is 0.553. The van der Waals surface area contributed by atoms with Crippen molar-refractivity contribution >= 4 is 34.5 Å². The van der Waals surface area contributed by atoms with E-state index in [1.165, 1.54) is 26.5 Å². The second kappa shape index (κ2) is 14.2. The van der Waals surface area contributed by atoms with E-state index in [0.29, 0.717) is 37.1 Å². The fourth-order valence-corrected chi connectivity index (χ4v) is 13.2. The SMILES string of the molecule is CCC1=C[C@@H]2CN(CCc3c([nH]c4ccccc34)[C@@](C(=O)OC)(c3cc4c(cc3OC)N(C)[C@H]3C(O)(COC(C)=O)[C@H](OC(C)=O)[C@]5(CC)C=CCN6CC[C@]43[C@@H]65)C2)C1. The second-order valence-corrected chi connectivity index (χ2v) is 17.9. The summed E-state index contributed by atoms with van der Waals surface area (Å²) >= 11 is 0. The Labute approximate surface area is 346 Å². The highest BCUT2D eigenvalue weighted by Gasteiger charge is 2.78.